The molecule has 5 nitrogen and oxygen atoms in total. The second kappa shape index (κ2) is 5.09. The average molecular weight is 259 g/mol. The fourth-order valence-electron chi connectivity index (χ4n) is 1.66. The molecule has 0 saturated heterocycles. The van der Waals surface area contributed by atoms with Gasteiger partial charge in [0, 0.05) is 17.8 Å². The molecule has 0 atom stereocenters. The van der Waals surface area contributed by atoms with Gasteiger partial charge < -0.3 is 5.32 Å². The maximum absolute atomic E-state index is 4.27. The molecule has 0 aliphatic rings. The van der Waals surface area contributed by atoms with Crippen LogP contribution < -0.4 is 5.32 Å². The molecule has 0 aromatic carbocycles. The highest BCUT2D eigenvalue weighted by Gasteiger charge is 2.10. The van der Waals surface area contributed by atoms with Crippen LogP contribution in [0.1, 0.15) is 37.9 Å². The zero-order valence-corrected chi connectivity index (χ0v) is 12.2. The quantitative estimate of drug-likeness (QED) is 0.917. The normalized spacial score (nSPS) is 11.8. The predicted octanol–water partition coefficient (Wildman–Crippen LogP) is 2.17. The van der Waals surface area contributed by atoms with Gasteiger partial charge in [-0.1, -0.05) is 0 Å². The molecule has 2 aromatic rings. The van der Waals surface area contributed by atoms with Crippen LogP contribution in [0.4, 0.5) is 0 Å². The van der Waals surface area contributed by atoms with Crippen molar-refractivity contribution in [2.45, 2.75) is 46.7 Å². The lowest BCUT2D eigenvalue weighted by atomic mass is 10.1. The molecule has 0 aliphatic heterocycles. The third kappa shape index (κ3) is 3.38. The number of imidazole rings is 1. The lowest BCUT2D eigenvalue weighted by Crippen LogP contribution is -2.35. The zero-order valence-electron chi connectivity index (χ0n) is 12.2. The van der Waals surface area contributed by atoms with Crippen LogP contribution in [-0.4, -0.2) is 25.3 Å². The lowest BCUT2D eigenvalue weighted by molar-refractivity contribution is 0.420. The summed E-state index contributed by atoms with van der Waals surface area (Å²) < 4.78 is 1.95. The van der Waals surface area contributed by atoms with Gasteiger partial charge in [0.15, 0.2) is 5.82 Å². The number of aromatic nitrogens is 4. The van der Waals surface area contributed by atoms with E-state index in [1.54, 1.807) is 6.33 Å². The number of aryl methyl sites for hydroxylation is 1. The Morgan fingerprint density at radius 1 is 1.16 bits per heavy atom. The van der Waals surface area contributed by atoms with Crippen LogP contribution in [0.15, 0.2) is 18.5 Å². The first-order chi connectivity index (χ1) is 8.87. The van der Waals surface area contributed by atoms with Gasteiger partial charge in [0.05, 0.1) is 11.4 Å². The predicted molar refractivity (Wildman–Crippen MR) is 75.2 cm³/mol. The van der Waals surface area contributed by atoms with E-state index in [-0.39, 0.29) is 5.54 Å². The van der Waals surface area contributed by atoms with Gasteiger partial charge in [-0.15, -0.1) is 5.10 Å². The fourth-order valence-corrected chi connectivity index (χ4v) is 1.66. The Bertz CT molecular complexity index is 548. The Hall–Kier alpha value is -1.75. The lowest BCUT2D eigenvalue weighted by Gasteiger charge is -2.19. The van der Waals surface area contributed by atoms with E-state index in [2.05, 4.69) is 41.3 Å². The van der Waals surface area contributed by atoms with Crippen molar-refractivity contribution < 1.29 is 0 Å². The second-order valence-corrected chi connectivity index (χ2v) is 5.77. The summed E-state index contributed by atoms with van der Waals surface area (Å²) in [6.45, 7) is 11.1. The Balaban J connectivity index is 2.13. The number of nitrogens with zero attached hydrogens (tertiary/aromatic N) is 4. The summed E-state index contributed by atoms with van der Waals surface area (Å²) in [6, 6.07) is 3.97. The molecule has 2 aromatic heterocycles. The minimum atomic E-state index is 0.0817. The summed E-state index contributed by atoms with van der Waals surface area (Å²) in [6.07, 6.45) is 1.78. The van der Waals surface area contributed by atoms with Crippen molar-refractivity contribution in [1.29, 1.82) is 0 Å². The van der Waals surface area contributed by atoms with Gasteiger partial charge in [0.25, 0.3) is 0 Å². The van der Waals surface area contributed by atoms with Gasteiger partial charge in [0.1, 0.15) is 6.33 Å². The van der Waals surface area contributed by atoms with E-state index in [1.165, 1.54) is 0 Å². The molecule has 0 unspecified atom stereocenters. The second-order valence-electron chi connectivity index (χ2n) is 5.77. The van der Waals surface area contributed by atoms with Crippen LogP contribution in [0.3, 0.4) is 0 Å². The van der Waals surface area contributed by atoms with E-state index in [4.69, 9.17) is 0 Å². The van der Waals surface area contributed by atoms with Gasteiger partial charge in [-0.05, 0) is 46.8 Å². The van der Waals surface area contributed by atoms with Crippen LogP contribution in [-0.2, 0) is 6.54 Å². The Labute approximate surface area is 114 Å². The van der Waals surface area contributed by atoms with Crippen LogP contribution >= 0.6 is 0 Å². The van der Waals surface area contributed by atoms with Crippen LogP contribution in [0.25, 0.3) is 5.82 Å². The topological polar surface area (TPSA) is 55.6 Å². The summed E-state index contributed by atoms with van der Waals surface area (Å²) in [5.41, 5.74) is 3.13. The molecule has 2 heterocycles. The van der Waals surface area contributed by atoms with Crippen molar-refractivity contribution in [3.63, 3.8) is 0 Å². The summed E-state index contributed by atoms with van der Waals surface area (Å²) in [5.74, 6) is 0.803. The summed E-state index contributed by atoms with van der Waals surface area (Å²) in [4.78, 5) is 4.27. The monoisotopic (exact) mass is 259 g/mol. The molecular formula is C14H21N5. The number of hydrogen-bond donors (Lipinski definition) is 1. The molecule has 0 saturated carbocycles. The van der Waals surface area contributed by atoms with E-state index in [1.807, 2.05) is 30.5 Å². The zero-order chi connectivity index (χ0) is 14.0. The summed E-state index contributed by atoms with van der Waals surface area (Å²) in [5, 5.41) is 11.9. The number of hydrogen-bond acceptors (Lipinski definition) is 4. The van der Waals surface area contributed by atoms with Crippen molar-refractivity contribution in [2.75, 3.05) is 0 Å². The number of nitrogens with one attached hydrogen (secondary N) is 1. The van der Waals surface area contributed by atoms with Gasteiger partial charge >= 0.3 is 0 Å². The highest BCUT2D eigenvalue weighted by Crippen LogP contribution is 2.11. The third-order valence-corrected chi connectivity index (χ3v) is 3.00. The molecule has 0 fully saturated rings. The molecule has 19 heavy (non-hydrogen) atoms. The average Bonchev–Trinajstić information content (AvgIpc) is 2.68. The summed E-state index contributed by atoms with van der Waals surface area (Å²) in [7, 11) is 0. The third-order valence-electron chi connectivity index (χ3n) is 3.00. The standard InChI is InChI=1S/C14H21N5/c1-10-11(2)19(9-15-10)13-7-6-12(17-18-13)8-16-14(3,4)5/h6-7,9,16H,8H2,1-5H3. The summed E-state index contributed by atoms with van der Waals surface area (Å²) >= 11 is 0. The Morgan fingerprint density at radius 2 is 1.89 bits per heavy atom. The van der Waals surface area contributed by atoms with Gasteiger partial charge in [-0.2, -0.15) is 5.10 Å². The van der Waals surface area contributed by atoms with E-state index >= 15 is 0 Å². The Kier molecular flexibility index (Phi) is 3.66. The van der Waals surface area contributed by atoms with Crippen molar-refractivity contribution >= 4 is 0 Å². The first-order valence-corrected chi connectivity index (χ1v) is 6.45. The molecule has 2 rings (SSSR count). The molecule has 0 radical (unpaired) electrons. The molecule has 102 valence electrons. The highest BCUT2D eigenvalue weighted by molar-refractivity contribution is 5.27. The van der Waals surface area contributed by atoms with Gasteiger partial charge in [-0.3, -0.25) is 4.57 Å². The minimum Gasteiger partial charge on any atom is -0.306 e. The van der Waals surface area contributed by atoms with E-state index in [0.29, 0.717) is 0 Å². The van der Waals surface area contributed by atoms with E-state index in [0.717, 1.165) is 29.4 Å². The SMILES string of the molecule is Cc1ncn(-c2ccc(CNC(C)(C)C)nn2)c1C. The van der Waals surface area contributed by atoms with Crippen LogP contribution in [0.2, 0.25) is 0 Å². The van der Waals surface area contributed by atoms with Gasteiger partial charge in [-0.25, -0.2) is 4.98 Å². The van der Waals surface area contributed by atoms with Crippen molar-refractivity contribution in [3.8, 4) is 5.82 Å². The maximum atomic E-state index is 4.27. The smallest absolute Gasteiger partial charge is 0.160 e. The van der Waals surface area contributed by atoms with Crippen molar-refractivity contribution in [3.05, 3.63) is 35.5 Å². The number of rotatable bonds is 3. The highest BCUT2D eigenvalue weighted by atomic mass is 15.2. The minimum absolute atomic E-state index is 0.0817. The van der Waals surface area contributed by atoms with Crippen molar-refractivity contribution in [1.82, 2.24) is 25.1 Å². The maximum Gasteiger partial charge on any atom is 0.160 e. The van der Waals surface area contributed by atoms with Gasteiger partial charge in [0.2, 0.25) is 0 Å². The van der Waals surface area contributed by atoms with E-state index < -0.39 is 0 Å². The van der Waals surface area contributed by atoms with Crippen molar-refractivity contribution in [2.24, 2.45) is 0 Å². The molecule has 5 heteroatoms. The van der Waals surface area contributed by atoms with E-state index in [9.17, 15) is 0 Å². The molecule has 0 amide bonds. The molecule has 0 aliphatic carbocycles. The first-order valence-electron chi connectivity index (χ1n) is 6.45. The van der Waals surface area contributed by atoms with Crippen LogP contribution in [0.5, 0.6) is 0 Å². The molecule has 0 spiro atoms. The Morgan fingerprint density at radius 3 is 2.37 bits per heavy atom. The first kappa shape index (κ1) is 13.7. The molecular weight excluding hydrogens is 238 g/mol. The van der Waals surface area contributed by atoms with Crippen LogP contribution in [0, 0.1) is 13.8 Å². The largest absolute Gasteiger partial charge is 0.306 e. The fraction of sp³-hybridized carbons (Fsp3) is 0.500. The molecule has 1 N–H and O–H groups in total. The molecule has 0 bridgehead atoms.